The number of aliphatic carboxylic acids is 1. The molecule has 2 aliphatic rings. The minimum absolute atomic E-state index is 0.294. The van der Waals surface area contributed by atoms with E-state index in [1.807, 2.05) is 0 Å². The fraction of sp³-hybridized carbons (Fsp3) is 0.778. The van der Waals surface area contributed by atoms with Crippen molar-refractivity contribution >= 4 is 35.5 Å². The molecule has 2 heterocycles. The van der Waals surface area contributed by atoms with Crippen molar-refractivity contribution in [1.29, 1.82) is 0 Å². The van der Waals surface area contributed by atoms with Crippen LogP contribution in [0.4, 0.5) is 0 Å². The molecule has 8 N–H and O–H groups in total. The number of carbonyl (C=O) groups excluding carboxylic acids is 5. The van der Waals surface area contributed by atoms with E-state index in [1.165, 1.54) is 23.6 Å². The molecule has 14 heteroatoms. The van der Waals surface area contributed by atoms with E-state index in [-0.39, 0.29) is 11.8 Å². The summed E-state index contributed by atoms with van der Waals surface area (Å²) in [7, 11) is 0. The molecule has 0 saturated carbocycles. The quantitative estimate of drug-likeness (QED) is 0.134. The standard InChI is InChI=1S/C27H47N7O7/c1-15(2)21(32-23(36)19-10-7-13-33(19)26(39)18(29)9-5-6-12-28)24(37)30-16(3)22(35)31-17(4)25(38)34-14-8-11-20(34)27(40)41/h15-21H,5-14,28-29H2,1-4H3,(H,30,37)(H,31,35)(H,32,36)(H,40,41)/t16-,17-,18-,19-,20-,21-/m0/s1. The predicted octanol–water partition coefficient (Wildman–Crippen LogP) is -1.34. The number of carbonyl (C=O) groups is 6. The molecule has 2 fully saturated rings. The number of hydrogen-bond donors (Lipinski definition) is 6. The molecule has 0 unspecified atom stereocenters. The zero-order valence-corrected chi connectivity index (χ0v) is 24.6. The summed E-state index contributed by atoms with van der Waals surface area (Å²) in [6, 6.07) is -5.41. The number of carboxylic acids is 1. The Kier molecular flexibility index (Phi) is 13.0. The minimum Gasteiger partial charge on any atom is -0.480 e. The van der Waals surface area contributed by atoms with E-state index in [4.69, 9.17) is 11.5 Å². The summed E-state index contributed by atoms with van der Waals surface area (Å²) in [5, 5.41) is 17.2. The summed E-state index contributed by atoms with van der Waals surface area (Å²) in [6.45, 7) is 7.61. The van der Waals surface area contributed by atoms with Crippen LogP contribution < -0.4 is 27.4 Å². The molecule has 41 heavy (non-hydrogen) atoms. The largest absolute Gasteiger partial charge is 0.480 e. The zero-order chi connectivity index (χ0) is 30.9. The smallest absolute Gasteiger partial charge is 0.326 e. The number of hydrogen-bond acceptors (Lipinski definition) is 8. The number of likely N-dealkylation sites (tertiary alicyclic amines) is 2. The van der Waals surface area contributed by atoms with Crippen LogP contribution in [0.3, 0.4) is 0 Å². The summed E-state index contributed by atoms with van der Waals surface area (Å²) in [5.41, 5.74) is 11.6. The van der Waals surface area contributed by atoms with E-state index in [0.29, 0.717) is 58.2 Å². The molecule has 0 radical (unpaired) electrons. The van der Waals surface area contributed by atoms with Gasteiger partial charge in [0.05, 0.1) is 6.04 Å². The molecule has 5 amide bonds. The molecule has 0 aliphatic carbocycles. The summed E-state index contributed by atoms with van der Waals surface area (Å²) >= 11 is 0. The van der Waals surface area contributed by atoms with E-state index in [9.17, 15) is 33.9 Å². The van der Waals surface area contributed by atoms with Crippen molar-refractivity contribution in [3.05, 3.63) is 0 Å². The summed E-state index contributed by atoms with van der Waals surface area (Å²) in [6.07, 6.45) is 3.94. The van der Waals surface area contributed by atoms with Crippen molar-refractivity contribution in [2.75, 3.05) is 19.6 Å². The molecule has 232 valence electrons. The van der Waals surface area contributed by atoms with Gasteiger partial charge in [-0.1, -0.05) is 20.3 Å². The third-order valence-corrected chi connectivity index (χ3v) is 7.67. The molecule has 0 aromatic carbocycles. The monoisotopic (exact) mass is 581 g/mol. The number of rotatable bonds is 14. The average Bonchev–Trinajstić information content (AvgIpc) is 3.60. The lowest BCUT2D eigenvalue weighted by Gasteiger charge is -2.30. The van der Waals surface area contributed by atoms with Gasteiger partial charge >= 0.3 is 5.97 Å². The number of nitrogens with one attached hydrogen (secondary N) is 3. The fourth-order valence-electron chi connectivity index (χ4n) is 5.24. The van der Waals surface area contributed by atoms with Gasteiger partial charge in [0, 0.05) is 13.1 Å². The Morgan fingerprint density at radius 2 is 1.37 bits per heavy atom. The molecule has 2 saturated heterocycles. The zero-order valence-electron chi connectivity index (χ0n) is 24.6. The second-order valence-corrected chi connectivity index (χ2v) is 11.3. The molecular weight excluding hydrogens is 534 g/mol. The molecule has 2 rings (SSSR count). The Morgan fingerprint density at radius 1 is 0.805 bits per heavy atom. The lowest BCUT2D eigenvalue weighted by Crippen LogP contribution is -2.59. The van der Waals surface area contributed by atoms with Crippen LogP contribution in [-0.2, 0) is 28.8 Å². The van der Waals surface area contributed by atoms with Crippen LogP contribution in [0.15, 0.2) is 0 Å². The Bertz CT molecular complexity index is 976. The number of carboxylic acid groups (broad SMARTS) is 1. The molecule has 0 bridgehead atoms. The summed E-state index contributed by atoms with van der Waals surface area (Å²) < 4.78 is 0. The SMILES string of the molecule is CC(C)[C@H](NC(=O)[C@@H]1CCCN1C(=O)[C@@H](N)CCCCN)C(=O)N[C@@H](C)C(=O)N[C@@H](C)C(=O)N1CCC[C@H]1C(=O)O. The highest BCUT2D eigenvalue weighted by Gasteiger charge is 2.39. The van der Waals surface area contributed by atoms with E-state index in [1.54, 1.807) is 13.8 Å². The molecule has 14 nitrogen and oxygen atoms in total. The van der Waals surface area contributed by atoms with Gasteiger partial charge in [-0.25, -0.2) is 4.79 Å². The number of amides is 5. The van der Waals surface area contributed by atoms with Gasteiger partial charge in [-0.2, -0.15) is 0 Å². The van der Waals surface area contributed by atoms with E-state index >= 15 is 0 Å². The van der Waals surface area contributed by atoms with Gasteiger partial charge in [0.2, 0.25) is 29.5 Å². The second kappa shape index (κ2) is 15.7. The van der Waals surface area contributed by atoms with Gasteiger partial charge in [-0.3, -0.25) is 24.0 Å². The average molecular weight is 582 g/mol. The first-order valence-electron chi connectivity index (χ1n) is 14.5. The molecule has 0 aromatic heterocycles. The highest BCUT2D eigenvalue weighted by atomic mass is 16.4. The highest BCUT2D eigenvalue weighted by Crippen LogP contribution is 2.20. The number of unbranched alkanes of at least 4 members (excludes halogenated alkanes) is 1. The van der Waals surface area contributed by atoms with Gasteiger partial charge in [-0.05, 0) is 64.8 Å². The Labute approximate surface area is 241 Å². The van der Waals surface area contributed by atoms with Crippen LogP contribution >= 0.6 is 0 Å². The minimum atomic E-state index is -1.09. The molecule has 2 aliphatic heterocycles. The van der Waals surface area contributed by atoms with E-state index < -0.39 is 65.8 Å². The maximum Gasteiger partial charge on any atom is 0.326 e. The first-order valence-corrected chi connectivity index (χ1v) is 14.5. The maximum absolute atomic E-state index is 13.2. The predicted molar refractivity (Wildman–Crippen MR) is 150 cm³/mol. The van der Waals surface area contributed by atoms with E-state index in [2.05, 4.69) is 16.0 Å². The van der Waals surface area contributed by atoms with Crippen LogP contribution in [-0.4, -0.2) is 106 Å². The Balaban J connectivity index is 1.96. The highest BCUT2D eigenvalue weighted by molar-refractivity contribution is 5.96. The first kappa shape index (κ1) is 33.9. The maximum atomic E-state index is 13.2. The van der Waals surface area contributed by atoms with Gasteiger partial charge < -0.3 is 42.3 Å². The van der Waals surface area contributed by atoms with Crippen molar-refractivity contribution in [1.82, 2.24) is 25.8 Å². The van der Waals surface area contributed by atoms with Crippen LogP contribution in [0.1, 0.15) is 72.6 Å². The van der Waals surface area contributed by atoms with Gasteiger partial charge in [0.1, 0.15) is 30.2 Å². The van der Waals surface area contributed by atoms with Gasteiger partial charge in [0.15, 0.2) is 0 Å². The second-order valence-electron chi connectivity index (χ2n) is 11.3. The van der Waals surface area contributed by atoms with Crippen molar-refractivity contribution in [3.8, 4) is 0 Å². The van der Waals surface area contributed by atoms with Crippen LogP contribution in [0.5, 0.6) is 0 Å². The topological polar surface area (TPSA) is 217 Å². The van der Waals surface area contributed by atoms with E-state index in [0.717, 1.165) is 6.42 Å². The lowest BCUT2D eigenvalue weighted by molar-refractivity contribution is -0.149. The van der Waals surface area contributed by atoms with Crippen LogP contribution in [0.25, 0.3) is 0 Å². The van der Waals surface area contributed by atoms with Crippen molar-refractivity contribution in [3.63, 3.8) is 0 Å². The summed E-state index contributed by atoms with van der Waals surface area (Å²) in [4.78, 5) is 78.8. The van der Waals surface area contributed by atoms with Crippen molar-refractivity contribution in [2.45, 2.75) is 109 Å². The van der Waals surface area contributed by atoms with Crippen LogP contribution in [0.2, 0.25) is 0 Å². The Hall–Kier alpha value is -3.26. The van der Waals surface area contributed by atoms with Crippen LogP contribution in [0, 0.1) is 5.92 Å². The van der Waals surface area contributed by atoms with Gasteiger partial charge in [-0.15, -0.1) is 0 Å². The van der Waals surface area contributed by atoms with Crippen molar-refractivity contribution in [2.24, 2.45) is 17.4 Å². The fourth-order valence-corrected chi connectivity index (χ4v) is 5.24. The molecule has 6 atom stereocenters. The lowest BCUT2D eigenvalue weighted by atomic mass is 10.0. The third-order valence-electron chi connectivity index (χ3n) is 7.67. The van der Waals surface area contributed by atoms with Crippen molar-refractivity contribution < 1.29 is 33.9 Å². The van der Waals surface area contributed by atoms with Gasteiger partial charge in [0.25, 0.3) is 0 Å². The number of nitrogens with zero attached hydrogens (tertiary/aromatic N) is 2. The Morgan fingerprint density at radius 3 is 1.93 bits per heavy atom. The normalized spacial score (nSPS) is 21.6. The first-order chi connectivity index (χ1) is 19.3. The number of nitrogens with two attached hydrogens (primary N) is 2. The molecule has 0 spiro atoms. The summed E-state index contributed by atoms with van der Waals surface area (Å²) in [5.74, 6) is -3.92. The molecular formula is C27H47N7O7. The molecule has 0 aromatic rings. The third kappa shape index (κ3) is 9.12.